The number of ether oxygens (including phenoxy) is 3. The summed E-state index contributed by atoms with van der Waals surface area (Å²) >= 11 is 0. The highest BCUT2D eigenvalue weighted by Gasteiger charge is 2.10. The van der Waals surface area contributed by atoms with Crippen molar-refractivity contribution in [3.8, 4) is 17.2 Å². The second-order valence-corrected chi connectivity index (χ2v) is 5.33. The summed E-state index contributed by atoms with van der Waals surface area (Å²) in [5.41, 5.74) is 1.53. The van der Waals surface area contributed by atoms with E-state index in [-0.39, 0.29) is 12.3 Å². The van der Waals surface area contributed by atoms with Gasteiger partial charge in [-0.25, -0.2) is 0 Å². The van der Waals surface area contributed by atoms with Crippen LogP contribution in [-0.4, -0.2) is 25.7 Å². The van der Waals surface area contributed by atoms with Gasteiger partial charge in [0, 0.05) is 6.07 Å². The minimum Gasteiger partial charge on any atom is -0.494 e. The summed E-state index contributed by atoms with van der Waals surface area (Å²) in [6.07, 6.45) is 0.275. The Hall–Kier alpha value is -2.69. The number of nitrogens with one attached hydrogen (secondary N) is 1. The molecule has 5 heteroatoms. The molecule has 0 heterocycles. The number of benzene rings is 2. The number of hydrogen-bond acceptors (Lipinski definition) is 4. The Kier molecular flexibility index (Phi) is 7.14. The Morgan fingerprint density at radius 2 is 1.44 bits per heavy atom. The maximum absolute atomic E-state index is 12.4. The predicted octanol–water partition coefficient (Wildman–Crippen LogP) is 4.06. The van der Waals surface area contributed by atoms with Gasteiger partial charge in [0.1, 0.15) is 17.2 Å². The van der Waals surface area contributed by atoms with E-state index in [1.54, 1.807) is 12.1 Å². The molecule has 134 valence electrons. The van der Waals surface area contributed by atoms with E-state index in [0.29, 0.717) is 37.0 Å². The summed E-state index contributed by atoms with van der Waals surface area (Å²) in [5, 5.41) is 2.91. The van der Waals surface area contributed by atoms with E-state index < -0.39 is 0 Å². The van der Waals surface area contributed by atoms with E-state index >= 15 is 0 Å². The Labute approximate surface area is 148 Å². The third-order valence-electron chi connectivity index (χ3n) is 3.43. The summed E-state index contributed by atoms with van der Waals surface area (Å²) < 4.78 is 16.5. The zero-order valence-corrected chi connectivity index (χ0v) is 15.0. The van der Waals surface area contributed by atoms with Crippen molar-refractivity contribution >= 4 is 11.6 Å². The molecule has 0 aliphatic carbocycles. The Morgan fingerprint density at radius 1 is 0.840 bits per heavy atom. The van der Waals surface area contributed by atoms with Gasteiger partial charge in [0.15, 0.2) is 0 Å². The molecule has 0 bridgehead atoms. The zero-order chi connectivity index (χ0) is 18.1. The van der Waals surface area contributed by atoms with Crippen LogP contribution in [0.15, 0.2) is 42.5 Å². The van der Waals surface area contributed by atoms with Crippen LogP contribution in [0.3, 0.4) is 0 Å². The zero-order valence-electron chi connectivity index (χ0n) is 15.0. The highest BCUT2D eigenvalue weighted by atomic mass is 16.5. The molecule has 2 rings (SSSR count). The van der Waals surface area contributed by atoms with Gasteiger partial charge in [0.05, 0.1) is 31.9 Å². The molecule has 5 nitrogen and oxygen atoms in total. The Bertz CT molecular complexity index is 683. The molecule has 0 aromatic heterocycles. The predicted molar refractivity (Wildman–Crippen MR) is 98.7 cm³/mol. The maximum atomic E-state index is 12.4. The van der Waals surface area contributed by atoms with Gasteiger partial charge in [-0.15, -0.1) is 0 Å². The van der Waals surface area contributed by atoms with Crippen LogP contribution < -0.4 is 19.5 Å². The standard InChI is InChI=1S/C20H25NO4/c1-4-23-16-9-7-15(8-10-16)13-20(22)21-18-14-17(24-5-2)11-12-19(18)25-6-3/h7-12,14H,4-6,13H2,1-3H3,(H,21,22). The summed E-state index contributed by atoms with van der Waals surface area (Å²) in [5.74, 6) is 2.02. The van der Waals surface area contributed by atoms with Crippen LogP contribution in [0.4, 0.5) is 5.69 Å². The fourth-order valence-corrected chi connectivity index (χ4v) is 2.39. The molecule has 0 atom stereocenters. The van der Waals surface area contributed by atoms with Gasteiger partial charge in [-0.1, -0.05) is 12.1 Å². The minimum absolute atomic E-state index is 0.112. The van der Waals surface area contributed by atoms with Crippen LogP contribution in [0.25, 0.3) is 0 Å². The average molecular weight is 343 g/mol. The third-order valence-corrected chi connectivity index (χ3v) is 3.43. The molecular weight excluding hydrogens is 318 g/mol. The Balaban J connectivity index is 2.06. The number of rotatable bonds is 9. The number of hydrogen-bond donors (Lipinski definition) is 1. The highest BCUT2D eigenvalue weighted by molar-refractivity contribution is 5.94. The van der Waals surface area contributed by atoms with Crippen molar-refractivity contribution in [1.29, 1.82) is 0 Å². The van der Waals surface area contributed by atoms with Gasteiger partial charge < -0.3 is 19.5 Å². The van der Waals surface area contributed by atoms with Crippen molar-refractivity contribution in [2.75, 3.05) is 25.1 Å². The van der Waals surface area contributed by atoms with Crippen molar-refractivity contribution in [3.05, 3.63) is 48.0 Å². The number of anilines is 1. The van der Waals surface area contributed by atoms with Gasteiger partial charge in [-0.2, -0.15) is 0 Å². The van der Waals surface area contributed by atoms with E-state index in [9.17, 15) is 4.79 Å². The van der Waals surface area contributed by atoms with Crippen LogP contribution in [0, 0.1) is 0 Å². The summed E-state index contributed by atoms with van der Waals surface area (Å²) in [4.78, 5) is 12.4. The second-order valence-electron chi connectivity index (χ2n) is 5.33. The first-order valence-electron chi connectivity index (χ1n) is 8.57. The molecule has 0 fully saturated rings. The first-order chi connectivity index (χ1) is 12.2. The van der Waals surface area contributed by atoms with Crippen molar-refractivity contribution in [1.82, 2.24) is 0 Å². The molecule has 0 unspecified atom stereocenters. The van der Waals surface area contributed by atoms with Gasteiger partial charge in [0.25, 0.3) is 0 Å². The molecule has 2 aromatic rings. The molecule has 0 aliphatic rings. The van der Waals surface area contributed by atoms with E-state index in [1.165, 1.54) is 0 Å². The normalized spacial score (nSPS) is 10.2. The number of carbonyl (C=O) groups excluding carboxylic acids is 1. The van der Waals surface area contributed by atoms with Crippen LogP contribution in [0.2, 0.25) is 0 Å². The minimum atomic E-state index is -0.112. The SMILES string of the molecule is CCOc1ccc(CC(=O)Nc2cc(OCC)ccc2OCC)cc1. The summed E-state index contributed by atoms with van der Waals surface area (Å²) in [6, 6.07) is 12.9. The topological polar surface area (TPSA) is 56.8 Å². The summed E-state index contributed by atoms with van der Waals surface area (Å²) in [7, 11) is 0. The summed E-state index contributed by atoms with van der Waals surface area (Å²) in [6.45, 7) is 7.47. The molecule has 1 amide bonds. The van der Waals surface area contributed by atoms with Gasteiger partial charge >= 0.3 is 0 Å². The fraction of sp³-hybridized carbons (Fsp3) is 0.350. The molecule has 25 heavy (non-hydrogen) atoms. The van der Waals surface area contributed by atoms with Crippen LogP contribution in [0.1, 0.15) is 26.3 Å². The first kappa shape index (κ1) is 18.6. The molecule has 0 saturated carbocycles. The fourth-order valence-electron chi connectivity index (χ4n) is 2.39. The molecule has 0 aliphatic heterocycles. The highest BCUT2D eigenvalue weighted by Crippen LogP contribution is 2.29. The molecule has 0 radical (unpaired) electrons. The monoisotopic (exact) mass is 343 g/mol. The van der Waals surface area contributed by atoms with E-state index in [4.69, 9.17) is 14.2 Å². The lowest BCUT2D eigenvalue weighted by Crippen LogP contribution is -2.15. The Morgan fingerprint density at radius 3 is 2.08 bits per heavy atom. The molecular formula is C20H25NO4. The van der Waals surface area contributed by atoms with Gasteiger partial charge in [-0.05, 0) is 50.6 Å². The molecule has 0 spiro atoms. The second kappa shape index (κ2) is 9.57. The number of carbonyl (C=O) groups is 1. The first-order valence-corrected chi connectivity index (χ1v) is 8.57. The third kappa shape index (κ3) is 5.71. The van der Waals surface area contributed by atoms with Crippen molar-refractivity contribution in [3.63, 3.8) is 0 Å². The van der Waals surface area contributed by atoms with Crippen molar-refractivity contribution in [2.45, 2.75) is 27.2 Å². The van der Waals surface area contributed by atoms with Crippen LogP contribution >= 0.6 is 0 Å². The van der Waals surface area contributed by atoms with E-state index in [0.717, 1.165) is 11.3 Å². The van der Waals surface area contributed by atoms with Crippen molar-refractivity contribution < 1.29 is 19.0 Å². The molecule has 1 N–H and O–H groups in total. The number of amides is 1. The van der Waals surface area contributed by atoms with Crippen LogP contribution in [0.5, 0.6) is 17.2 Å². The molecule has 0 saturated heterocycles. The lowest BCUT2D eigenvalue weighted by molar-refractivity contribution is -0.115. The quantitative estimate of drug-likeness (QED) is 0.746. The van der Waals surface area contributed by atoms with Crippen molar-refractivity contribution in [2.24, 2.45) is 0 Å². The van der Waals surface area contributed by atoms with Gasteiger partial charge in [0.2, 0.25) is 5.91 Å². The van der Waals surface area contributed by atoms with E-state index in [1.807, 2.05) is 51.1 Å². The lowest BCUT2D eigenvalue weighted by Gasteiger charge is -2.13. The smallest absolute Gasteiger partial charge is 0.228 e. The molecule has 2 aromatic carbocycles. The largest absolute Gasteiger partial charge is 0.494 e. The van der Waals surface area contributed by atoms with Gasteiger partial charge in [-0.3, -0.25) is 4.79 Å². The average Bonchev–Trinajstić information content (AvgIpc) is 2.59. The van der Waals surface area contributed by atoms with E-state index in [2.05, 4.69) is 5.32 Å². The van der Waals surface area contributed by atoms with Crippen LogP contribution in [-0.2, 0) is 11.2 Å². The lowest BCUT2D eigenvalue weighted by atomic mass is 10.1. The maximum Gasteiger partial charge on any atom is 0.228 e.